The van der Waals surface area contributed by atoms with E-state index in [9.17, 15) is 22.8 Å². The molecule has 110 valence electrons. The van der Waals surface area contributed by atoms with E-state index >= 15 is 0 Å². The van der Waals surface area contributed by atoms with Crippen molar-refractivity contribution in [3.05, 3.63) is 23.6 Å². The fraction of sp³-hybridized carbons (Fsp3) is 0.538. The molecule has 7 heteroatoms. The van der Waals surface area contributed by atoms with Gasteiger partial charge in [-0.05, 0) is 5.92 Å². The number of carbonyl (C=O) groups excluding carboxylic acids is 2. The molecule has 1 amide bonds. The van der Waals surface area contributed by atoms with Gasteiger partial charge in [0, 0.05) is 31.4 Å². The minimum absolute atomic E-state index is 0.00771. The Kier molecular flexibility index (Phi) is 4.15. The summed E-state index contributed by atoms with van der Waals surface area (Å²) in [5.74, 6) is -6.64. The SMILES string of the molecule is COC(=O)C1CNC(=O)C[C@@H]1C1CC(F)=C(F)C=C1F. The van der Waals surface area contributed by atoms with Crippen LogP contribution in [0.25, 0.3) is 0 Å². The Morgan fingerprint density at radius 3 is 2.70 bits per heavy atom. The number of hydrogen-bond acceptors (Lipinski definition) is 3. The summed E-state index contributed by atoms with van der Waals surface area (Å²) in [6.07, 6.45) is -0.134. The Morgan fingerprint density at radius 2 is 2.05 bits per heavy atom. The number of piperidine rings is 1. The van der Waals surface area contributed by atoms with Crippen LogP contribution in [0.4, 0.5) is 13.2 Å². The minimum atomic E-state index is -1.24. The number of amides is 1. The number of methoxy groups -OCH3 is 1. The van der Waals surface area contributed by atoms with Crippen molar-refractivity contribution >= 4 is 11.9 Å². The van der Waals surface area contributed by atoms with E-state index in [0.717, 1.165) is 0 Å². The van der Waals surface area contributed by atoms with Gasteiger partial charge in [-0.15, -0.1) is 0 Å². The highest BCUT2D eigenvalue weighted by atomic mass is 19.2. The Hall–Kier alpha value is -1.79. The number of hydrogen-bond donors (Lipinski definition) is 1. The number of esters is 1. The van der Waals surface area contributed by atoms with Gasteiger partial charge < -0.3 is 10.1 Å². The molecule has 0 bridgehead atoms. The van der Waals surface area contributed by atoms with Gasteiger partial charge in [-0.1, -0.05) is 0 Å². The molecular formula is C13H14F3NO3. The summed E-state index contributed by atoms with van der Waals surface area (Å²) in [5, 5.41) is 2.49. The molecule has 20 heavy (non-hydrogen) atoms. The Morgan fingerprint density at radius 1 is 1.35 bits per heavy atom. The topological polar surface area (TPSA) is 55.4 Å². The van der Waals surface area contributed by atoms with E-state index in [1.54, 1.807) is 0 Å². The molecule has 0 aromatic rings. The molecule has 1 N–H and O–H groups in total. The average Bonchev–Trinajstić information content (AvgIpc) is 2.42. The molecule has 4 nitrogen and oxygen atoms in total. The van der Waals surface area contributed by atoms with Crippen LogP contribution in [-0.4, -0.2) is 25.5 Å². The van der Waals surface area contributed by atoms with Crippen LogP contribution in [0.1, 0.15) is 12.8 Å². The maximum absolute atomic E-state index is 13.9. The summed E-state index contributed by atoms with van der Waals surface area (Å²) in [4.78, 5) is 23.1. The molecule has 0 spiro atoms. The maximum atomic E-state index is 13.9. The van der Waals surface area contributed by atoms with E-state index in [4.69, 9.17) is 0 Å². The van der Waals surface area contributed by atoms with Crippen molar-refractivity contribution in [3.63, 3.8) is 0 Å². The first-order valence-corrected chi connectivity index (χ1v) is 6.19. The predicted molar refractivity (Wildman–Crippen MR) is 63.2 cm³/mol. The molecule has 2 unspecified atom stereocenters. The number of nitrogens with one attached hydrogen (secondary N) is 1. The van der Waals surface area contributed by atoms with Crippen molar-refractivity contribution < 1.29 is 27.5 Å². The molecule has 3 atom stereocenters. The molecule has 1 saturated heterocycles. The molecule has 1 aliphatic carbocycles. The number of carbonyl (C=O) groups is 2. The van der Waals surface area contributed by atoms with Gasteiger partial charge in [0.1, 0.15) is 11.7 Å². The summed E-state index contributed by atoms with van der Waals surface area (Å²) in [6, 6.07) is 0. The molecule has 0 saturated carbocycles. The van der Waals surface area contributed by atoms with Gasteiger partial charge in [-0.25, -0.2) is 13.2 Å². The van der Waals surface area contributed by atoms with Crippen molar-refractivity contribution in [3.8, 4) is 0 Å². The third-order valence-electron chi connectivity index (χ3n) is 3.75. The summed E-state index contributed by atoms with van der Waals surface area (Å²) in [5.41, 5.74) is 0. The van der Waals surface area contributed by atoms with Crippen LogP contribution < -0.4 is 5.32 Å². The van der Waals surface area contributed by atoms with Crippen molar-refractivity contribution in [1.82, 2.24) is 5.32 Å². The van der Waals surface area contributed by atoms with Gasteiger partial charge >= 0.3 is 5.97 Å². The maximum Gasteiger partial charge on any atom is 0.310 e. The van der Waals surface area contributed by atoms with Crippen LogP contribution in [0.5, 0.6) is 0 Å². The quantitative estimate of drug-likeness (QED) is 0.790. The van der Waals surface area contributed by atoms with E-state index in [-0.39, 0.29) is 18.9 Å². The van der Waals surface area contributed by atoms with Crippen LogP contribution in [0.15, 0.2) is 23.6 Å². The van der Waals surface area contributed by atoms with E-state index < -0.39 is 47.6 Å². The Balaban J connectivity index is 2.26. The molecule has 0 aromatic carbocycles. The standard InChI is InChI=1S/C13H14F3NO3/c1-20-13(19)8-5-17-12(18)3-6(8)7-2-10(15)11(16)4-9(7)14/h4,6-8H,2-3,5H2,1H3,(H,17,18)/t6-,7?,8?/m1/s1. The first-order valence-electron chi connectivity index (χ1n) is 6.19. The highest BCUT2D eigenvalue weighted by Gasteiger charge is 2.43. The van der Waals surface area contributed by atoms with Crippen molar-refractivity contribution in [2.45, 2.75) is 12.8 Å². The molecule has 0 radical (unpaired) electrons. The lowest BCUT2D eigenvalue weighted by Gasteiger charge is -2.35. The molecule has 1 fully saturated rings. The van der Waals surface area contributed by atoms with Crippen LogP contribution in [-0.2, 0) is 14.3 Å². The van der Waals surface area contributed by atoms with Crippen molar-refractivity contribution in [2.75, 3.05) is 13.7 Å². The molecule has 2 aliphatic rings. The largest absolute Gasteiger partial charge is 0.469 e. The summed E-state index contributed by atoms with van der Waals surface area (Å²) in [6.45, 7) is 0.00771. The van der Waals surface area contributed by atoms with Crippen molar-refractivity contribution in [1.29, 1.82) is 0 Å². The van der Waals surface area contributed by atoms with Crippen LogP contribution in [0.2, 0.25) is 0 Å². The predicted octanol–water partition coefficient (Wildman–Crippen LogP) is 1.94. The monoisotopic (exact) mass is 289 g/mol. The van der Waals surface area contributed by atoms with Crippen LogP contribution in [0, 0.1) is 17.8 Å². The second-order valence-electron chi connectivity index (χ2n) is 4.89. The first-order chi connectivity index (χ1) is 9.43. The molecule has 1 aliphatic heterocycles. The summed E-state index contributed by atoms with van der Waals surface area (Å²) >= 11 is 0. The van der Waals surface area contributed by atoms with E-state index in [1.807, 2.05) is 0 Å². The zero-order chi connectivity index (χ0) is 14.9. The van der Waals surface area contributed by atoms with Crippen LogP contribution >= 0.6 is 0 Å². The van der Waals surface area contributed by atoms with Gasteiger partial charge in [0.2, 0.25) is 5.91 Å². The summed E-state index contributed by atoms with van der Waals surface area (Å²) < 4.78 is 44.8. The lowest BCUT2D eigenvalue weighted by molar-refractivity contribution is -0.150. The third kappa shape index (κ3) is 2.71. The minimum Gasteiger partial charge on any atom is -0.469 e. The molecule has 0 aromatic heterocycles. The van der Waals surface area contributed by atoms with E-state index in [1.165, 1.54) is 7.11 Å². The van der Waals surface area contributed by atoms with Crippen molar-refractivity contribution in [2.24, 2.45) is 17.8 Å². The normalized spacial score (nSPS) is 30.7. The highest BCUT2D eigenvalue weighted by Crippen LogP contribution is 2.41. The summed E-state index contributed by atoms with van der Waals surface area (Å²) in [7, 11) is 1.18. The second-order valence-corrected chi connectivity index (χ2v) is 4.89. The Labute approximate surface area is 113 Å². The van der Waals surface area contributed by atoms with Gasteiger partial charge in [-0.3, -0.25) is 9.59 Å². The van der Waals surface area contributed by atoms with Crippen LogP contribution in [0.3, 0.4) is 0 Å². The smallest absolute Gasteiger partial charge is 0.310 e. The molecule has 1 heterocycles. The van der Waals surface area contributed by atoms with Gasteiger partial charge in [-0.2, -0.15) is 0 Å². The first kappa shape index (κ1) is 14.6. The lowest BCUT2D eigenvalue weighted by Crippen LogP contribution is -2.47. The molecular weight excluding hydrogens is 275 g/mol. The number of rotatable bonds is 2. The Bertz CT molecular complexity index is 501. The average molecular weight is 289 g/mol. The number of halogens is 3. The molecule has 2 rings (SSSR count). The fourth-order valence-corrected chi connectivity index (χ4v) is 2.69. The van der Waals surface area contributed by atoms with Gasteiger partial charge in [0.25, 0.3) is 0 Å². The number of ether oxygens (including phenoxy) is 1. The van der Waals surface area contributed by atoms with Gasteiger partial charge in [0.05, 0.1) is 13.0 Å². The second kappa shape index (κ2) is 5.68. The zero-order valence-corrected chi connectivity index (χ0v) is 10.8. The third-order valence-corrected chi connectivity index (χ3v) is 3.75. The zero-order valence-electron chi connectivity index (χ0n) is 10.8. The number of allylic oxidation sites excluding steroid dienone is 4. The van der Waals surface area contributed by atoms with Gasteiger partial charge in [0.15, 0.2) is 5.83 Å². The van der Waals surface area contributed by atoms with E-state index in [2.05, 4.69) is 10.1 Å². The van der Waals surface area contributed by atoms with E-state index in [0.29, 0.717) is 6.08 Å². The fourth-order valence-electron chi connectivity index (χ4n) is 2.69. The lowest BCUT2D eigenvalue weighted by atomic mass is 9.73. The highest BCUT2D eigenvalue weighted by molar-refractivity contribution is 5.81.